The molecule has 0 saturated heterocycles. The Balaban J connectivity index is 1.83. The fourth-order valence-corrected chi connectivity index (χ4v) is 2.72. The minimum atomic E-state index is -0.684. The molecule has 0 aromatic heterocycles. The smallest absolute Gasteiger partial charge is 0.333 e. The molecular formula is C17H20O5. The van der Waals surface area contributed by atoms with Crippen LogP contribution in [0.2, 0.25) is 0 Å². The van der Waals surface area contributed by atoms with E-state index in [4.69, 9.17) is 14.6 Å². The lowest BCUT2D eigenvalue weighted by atomic mass is 9.79. The molecule has 1 aliphatic carbocycles. The molecular weight excluding hydrogens is 284 g/mol. The first kappa shape index (κ1) is 16.1. The van der Waals surface area contributed by atoms with Crippen molar-refractivity contribution < 1.29 is 24.2 Å². The van der Waals surface area contributed by atoms with Gasteiger partial charge in [0, 0.05) is 6.08 Å². The Labute approximate surface area is 129 Å². The molecule has 0 radical (unpaired) electrons. The van der Waals surface area contributed by atoms with Gasteiger partial charge in [-0.15, -0.1) is 0 Å². The molecule has 22 heavy (non-hydrogen) atoms. The Morgan fingerprint density at radius 2 is 1.82 bits per heavy atom. The van der Waals surface area contributed by atoms with Crippen molar-refractivity contribution in [2.45, 2.75) is 31.6 Å². The number of aliphatic carboxylic acids is 1. The second-order valence-electron chi connectivity index (χ2n) is 5.39. The molecule has 1 aromatic carbocycles. The molecule has 0 aliphatic heterocycles. The molecule has 0 unspecified atom stereocenters. The standard InChI is InChI=1S/C17H20O5/c1-2-16(18)22-11-21-15-9-7-13(8-10-15)12-3-5-14(6-4-12)17(19)20/h2,7-10,12,14H,1,3-6,11H2,(H,19,20). The number of rotatable bonds is 6. The molecule has 0 spiro atoms. The molecule has 0 atom stereocenters. The van der Waals surface area contributed by atoms with Crippen molar-refractivity contribution in [3.05, 3.63) is 42.5 Å². The van der Waals surface area contributed by atoms with Gasteiger partial charge in [0.1, 0.15) is 5.75 Å². The van der Waals surface area contributed by atoms with Gasteiger partial charge in [-0.2, -0.15) is 0 Å². The molecule has 5 heteroatoms. The Morgan fingerprint density at radius 1 is 1.18 bits per heavy atom. The van der Waals surface area contributed by atoms with Gasteiger partial charge >= 0.3 is 11.9 Å². The Hall–Kier alpha value is -2.30. The van der Waals surface area contributed by atoms with E-state index in [-0.39, 0.29) is 12.7 Å². The average Bonchev–Trinajstić information content (AvgIpc) is 2.55. The maximum absolute atomic E-state index is 11.0. The zero-order valence-electron chi connectivity index (χ0n) is 12.4. The maximum Gasteiger partial charge on any atom is 0.333 e. The summed E-state index contributed by atoms with van der Waals surface area (Å²) < 4.78 is 10.0. The molecule has 0 amide bonds. The fourth-order valence-electron chi connectivity index (χ4n) is 2.72. The van der Waals surface area contributed by atoms with Gasteiger partial charge in [-0.1, -0.05) is 18.7 Å². The molecule has 1 N–H and O–H groups in total. The van der Waals surface area contributed by atoms with Crippen LogP contribution in [0, 0.1) is 5.92 Å². The molecule has 118 valence electrons. The summed E-state index contributed by atoms with van der Waals surface area (Å²) in [5, 5.41) is 9.01. The van der Waals surface area contributed by atoms with Crippen LogP contribution in [0.4, 0.5) is 0 Å². The topological polar surface area (TPSA) is 72.8 Å². The summed E-state index contributed by atoms with van der Waals surface area (Å²) in [7, 11) is 0. The highest BCUT2D eigenvalue weighted by Crippen LogP contribution is 2.36. The van der Waals surface area contributed by atoms with Crippen LogP contribution in [0.25, 0.3) is 0 Å². The Morgan fingerprint density at radius 3 is 2.36 bits per heavy atom. The number of ether oxygens (including phenoxy) is 2. The molecule has 0 bridgehead atoms. The number of hydrogen-bond acceptors (Lipinski definition) is 4. The quantitative estimate of drug-likeness (QED) is 0.496. The number of carbonyl (C=O) groups is 2. The summed E-state index contributed by atoms with van der Waals surface area (Å²) in [5.41, 5.74) is 1.19. The van der Waals surface area contributed by atoms with Crippen molar-refractivity contribution >= 4 is 11.9 Å². The van der Waals surface area contributed by atoms with Crippen molar-refractivity contribution in [3.63, 3.8) is 0 Å². The van der Waals surface area contributed by atoms with E-state index in [1.54, 1.807) is 0 Å². The van der Waals surface area contributed by atoms with E-state index in [0.29, 0.717) is 11.7 Å². The van der Waals surface area contributed by atoms with Crippen LogP contribution in [-0.2, 0) is 14.3 Å². The number of esters is 1. The zero-order chi connectivity index (χ0) is 15.9. The lowest BCUT2D eigenvalue weighted by Crippen LogP contribution is -2.20. The number of benzene rings is 1. The van der Waals surface area contributed by atoms with Crippen LogP contribution >= 0.6 is 0 Å². The minimum Gasteiger partial charge on any atom is -0.481 e. The van der Waals surface area contributed by atoms with Gasteiger partial charge in [0.05, 0.1) is 5.92 Å². The van der Waals surface area contributed by atoms with Crippen molar-refractivity contribution in [2.24, 2.45) is 5.92 Å². The summed E-state index contributed by atoms with van der Waals surface area (Å²) >= 11 is 0. The average molecular weight is 304 g/mol. The van der Waals surface area contributed by atoms with E-state index < -0.39 is 11.9 Å². The normalized spacial score (nSPS) is 20.9. The predicted octanol–water partition coefficient (Wildman–Crippen LogP) is 3.11. The molecule has 1 fully saturated rings. The van der Waals surface area contributed by atoms with Gasteiger partial charge in [0.2, 0.25) is 6.79 Å². The summed E-state index contributed by atoms with van der Waals surface area (Å²) in [6, 6.07) is 7.63. The van der Waals surface area contributed by atoms with Gasteiger partial charge in [-0.3, -0.25) is 4.79 Å². The second kappa shape index (κ2) is 7.64. The highest BCUT2D eigenvalue weighted by atomic mass is 16.7. The second-order valence-corrected chi connectivity index (χ2v) is 5.39. The van der Waals surface area contributed by atoms with Gasteiger partial charge < -0.3 is 14.6 Å². The summed E-state index contributed by atoms with van der Waals surface area (Å²) in [6.07, 6.45) is 4.34. The van der Waals surface area contributed by atoms with E-state index in [9.17, 15) is 9.59 Å². The van der Waals surface area contributed by atoms with Gasteiger partial charge in [0.15, 0.2) is 0 Å². The van der Waals surface area contributed by atoms with Crippen LogP contribution in [-0.4, -0.2) is 23.8 Å². The third-order valence-electron chi connectivity index (χ3n) is 4.02. The molecule has 2 rings (SSSR count). The number of carboxylic acid groups (broad SMARTS) is 1. The van der Waals surface area contributed by atoms with E-state index in [1.807, 2.05) is 24.3 Å². The third-order valence-corrected chi connectivity index (χ3v) is 4.02. The number of carbonyl (C=O) groups excluding carboxylic acids is 1. The highest BCUT2D eigenvalue weighted by molar-refractivity contribution is 5.81. The first-order valence-electron chi connectivity index (χ1n) is 7.35. The fraction of sp³-hybridized carbons (Fsp3) is 0.412. The Kier molecular flexibility index (Phi) is 5.58. The van der Waals surface area contributed by atoms with Crippen molar-refractivity contribution in [1.82, 2.24) is 0 Å². The summed E-state index contributed by atoms with van der Waals surface area (Å²) in [5.74, 6) is -0.371. The van der Waals surface area contributed by atoms with E-state index in [1.165, 1.54) is 5.56 Å². The zero-order valence-corrected chi connectivity index (χ0v) is 12.4. The van der Waals surface area contributed by atoms with Crippen molar-refractivity contribution in [1.29, 1.82) is 0 Å². The molecule has 1 saturated carbocycles. The molecule has 5 nitrogen and oxygen atoms in total. The molecule has 1 aliphatic rings. The van der Waals surface area contributed by atoms with E-state index >= 15 is 0 Å². The van der Waals surface area contributed by atoms with Crippen molar-refractivity contribution in [3.8, 4) is 5.75 Å². The molecule has 1 aromatic rings. The lowest BCUT2D eigenvalue weighted by molar-refractivity contribution is -0.144. The van der Waals surface area contributed by atoms with Gasteiger partial charge in [-0.25, -0.2) is 4.79 Å². The van der Waals surface area contributed by atoms with Crippen LogP contribution in [0.5, 0.6) is 5.75 Å². The van der Waals surface area contributed by atoms with Gasteiger partial charge in [-0.05, 0) is 49.3 Å². The maximum atomic E-state index is 11.0. The van der Waals surface area contributed by atoms with Crippen LogP contribution in [0.1, 0.15) is 37.2 Å². The lowest BCUT2D eigenvalue weighted by Gasteiger charge is -2.26. The highest BCUT2D eigenvalue weighted by Gasteiger charge is 2.26. The Bertz CT molecular complexity index is 526. The summed E-state index contributed by atoms with van der Waals surface area (Å²) in [6.45, 7) is 3.15. The predicted molar refractivity (Wildman–Crippen MR) is 80.6 cm³/mol. The minimum absolute atomic E-state index is 0.145. The van der Waals surface area contributed by atoms with Crippen molar-refractivity contribution in [2.75, 3.05) is 6.79 Å². The van der Waals surface area contributed by atoms with Crippen LogP contribution < -0.4 is 4.74 Å². The largest absolute Gasteiger partial charge is 0.481 e. The first-order chi connectivity index (χ1) is 10.6. The monoisotopic (exact) mass is 304 g/mol. The number of hydrogen-bond donors (Lipinski definition) is 1. The van der Waals surface area contributed by atoms with Crippen LogP contribution in [0.3, 0.4) is 0 Å². The van der Waals surface area contributed by atoms with Crippen LogP contribution in [0.15, 0.2) is 36.9 Å². The van der Waals surface area contributed by atoms with E-state index in [0.717, 1.165) is 31.8 Å². The van der Waals surface area contributed by atoms with Gasteiger partial charge in [0.25, 0.3) is 0 Å². The number of carboxylic acids is 1. The molecule has 0 heterocycles. The third kappa shape index (κ3) is 4.35. The van der Waals surface area contributed by atoms with E-state index in [2.05, 4.69) is 6.58 Å². The first-order valence-corrected chi connectivity index (χ1v) is 7.35. The SMILES string of the molecule is C=CC(=O)OCOc1ccc(C2CCC(C(=O)O)CC2)cc1. The summed E-state index contributed by atoms with van der Waals surface area (Å²) in [4.78, 5) is 21.8.